The van der Waals surface area contributed by atoms with E-state index in [9.17, 15) is 31.4 Å². The summed E-state index contributed by atoms with van der Waals surface area (Å²) in [6.45, 7) is 0. The molecule has 2 aromatic heterocycles. The average molecular weight is 413 g/mol. The fourth-order valence-corrected chi connectivity index (χ4v) is 2.16. The first-order valence-electron chi connectivity index (χ1n) is 7.74. The second-order valence-corrected chi connectivity index (χ2v) is 5.53. The van der Waals surface area contributed by atoms with Crippen LogP contribution in [0, 0.1) is 0 Å². The lowest BCUT2D eigenvalue weighted by atomic mass is 10.2. The lowest BCUT2D eigenvalue weighted by Crippen LogP contribution is -2.11. The van der Waals surface area contributed by atoms with Crippen LogP contribution in [0.3, 0.4) is 0 Å². The number of alkyl halides is 6. The van der Waals surface area contributed by atoms with Crippen LogP contribution in [0.25, 0.3) is 11.4 Å². The number of aromatic hydroxyl groups is 1. The standard InChI is InChI=1S/C17H9F6N5O/c18-16(19,20)11-7-6-9(8-24-11)14-25-13(17(21,22)23)12(15(29)26-14)28-27-10-4-2-1-3-5-10/h1-8H,(H,25,26,29). The van der Waals surface area contributed by atoms with Crippen molar-refractivity contribution in [2.75, 3.05) is 0 Å². The van der Waals surface area contributed by atoms with Crippen LogP contribution in [-0.2, 0) is 12.4 Å². The highest BCUT2D eigenvalue weighted by Gasteiger charge is 2.39. The summed E-state index contributed by atoms with van der Waals surface area (Å²) in [6, 6.07) is 9.16. The van der Waals surface area contributed by atoms with Crippen LogP contribution >= 0.6 is 0 Å². The number of halogens is 6. The van der Waals surface area contributed by atoms with Crippen molar-refractivity contribution in [3.63, 3.8) is 0 Å². The van der Waals surface area contributed by atoms with Crippen molar-refractivity contribution in [3.05, 3.63) is 60.0 Å². The first kappa shape index (κ1) is 20.2. The molecule has 0 spiro atoms. The first-order chi connectivity index (χ1) is 13.6. The molecule has 0 bridgehead atoms. The topological polar surface area (TPSA) is 83.6 Å². The summed E-state index contributed by atoms with van der Waals surface area (Å²) < 4.78 is 77.9. The Bertz CT molecular complexity index is 1030. The Balaban J connectivity index is 2.06. The van der Waals surface area contributed by atoms with Crippen LogP contribution in [0.15, 0.2) is 58.9 Å². The van der Waals surface area contributed by atoms with Gasteiger partial charge < -0.3 is 5.11 Å². The van der Waals surface area contributed by atoms with E-state index in [1.165, 1.54) is 12.1 Å². The predicted octanol–water partition coefficient (Wildman–Crippen LogP) is 5.70. The van der Waals surface area contributed by atoms with Crippen molar-refractivity contribution in [2.45, 2.75) is 12.4 Å². The van der Waals surface area contributed by atoms with Gasteiger partial charge in [-0.05, 0) is 24.3 Å². The maximum Gasteiger partial charge on any atom is 0.435 e. The van der Waals surface area contributed by atoms with E-state index in [0.29, 0.717) is 12.3 Å². The Morgan fingerprint density at radius 2 is 1.48 bits per heavy atom. The van der Waals surface area contributed by atoms with Crippen LogP contribution in [0.2, 0.25) is 0 Å². The van der Waals surface area contributed by atoms with Crippen molar-refractivity contribution in [2.24, 2.45) is 10.2 Å². The second-order valence-electron chi connectivity index (χ2n) is 5.53. The molecule has 0 saturated carbocycles. The first-order valence-corrected chi connectivity index (χ1v) is 7.74. The average Bonchev–Trinajstić information content (AvgIpc) is 2.66. The van der Waals surface area contributed by atoms with Crippen LogP contribution in [0.4, 0.5) is 37.7 Å². The molecule has 2 heterocycles. The van der Waals surface area contributed by atoms with Gasteiger partial charge in [0.1, 0.15) is 5.69 Å². The molecule has 12 heteroatoms. The second kappa shape index (κ2) is 7.45. The number of rotatable bonds is 3. The Hall–Kier alpha value is -3.57. The molecule has 0 aliphatic rings. The lowest BCUT2D eigenvalue weighted by molar-refractivity contribution is -0.141. The minimum Gasteiger partial charge on any atom is -0.492 e. The van der Waals surface area contributed by atoms with Gasteiger partial charge in [-0.2, -0.15) is 36.4 Å². The molecular weight excluding hydrogens is 404 g/mol. The summed E-state index contributed by atoms with van der Waals surface area (Å²) in [5.41, 5.74) is -3.90. The van der Waals surface area contributed by atoms with Gasteiger partial charge in [-0.15, -0.1) is 5.11 Å². The van der Waals surface area contributed by atoms with Crippen LogP contribution in [0.5, 0.6) is 5.88 Å². The zero-order valence-corrected chi connectivity index (χ0v) is 14.1. The van der Waals surface area contributed by atoms with E-state index in [2.05, 4.69) is 25.2 Å². The summed E-state index contributed by atoms with van der Waals surface area (Å²) in [6.07, 6.45) is -9.11. The van der Waals surface area contributed by atoms with Gasteiger partial charge in [-0.25, -0.2) is 4.98 Å². The third kappa shape index (κ3) is 4.65. The number of nitrogens with zero attached hydrogens (tertiary/aromatic N) is 5. The number of aromatic nitrogens is 3. The molecule has 0 saturated heterocycles. The van der Waals surface area contributed by atoms with Crippen molar-refractivity contribution in [3.8, 4) is 17.3 Å². The van der Waals surface area contributed by atoms with Gasteiger partial charge >= 0.3 is 12.4 Å². The quantitative estimate of drug-likeness (QED) is 0.441. The van der Waals surface area contributed by atoms with E-state index in [1.54, 1.807) is 18.2 Å². The molecule has 0 fully saturated rings. The number of azo groups is 1. The summed E-state index contributed by atoms with van der Waals surface area (Å²) in [5.74, 6) is -1.81. The van der Waals surface area contributed by atoms with Crippen LogP contribution in [0.1, 0.15) is 11.4 Å². The third-order valence-electron chi connectivity index (χ3n) is 3.47. The summed E-state index contributed by atoms with van der Waals surface area (Å²) >= 11 is 0. The maximum atomic E-state index is 13.4. The molecule has 1 aromatic carbocycles. The maximum absolute atomic E-state index is 13.4. The van der Waals surface area contributed by atoms with Crippen molar-refractivity contribution < 1.29 is 31.4 Å². The number of hydrogen-bond donors (Lipinski definition) is 1. The number of pyridine rings is 1. The summed E-state index contributed by atoms with van der Waals surface area (Å²) in [4.78, 5) is 9.94. The van der Waals surface area contributed by atoms with E-state index in [-0.39, 0.29) is 11.3 Å². The minimum absolute atomic E-state index is 0.219. The van der Waals surface area contributed by atoms with Crippen LogP contribution < -0.4 is 0 Å². The molecule has 29 heavy (non-hydrogen) atoms. The molecule has 3 aromatic rings. The predicted molar refractivity (Wildman–Crippen MR) is 87.5 cm³/mol. The molecule has 1 N–H and O–H groups in total. The highest BCUT2D eigenvalue weighted by molar-refractivity contribution is 5.61. The highest BCUT2D eigenvalue weighted by Crippen LogP contribution is 2.41. The summed E-state index contributed by atoms with van der Waals surface area (Å²) in [5, 5.41) is 16.9. The zero-order chi connectivity index (χ0) is 21.2. The van der Waals surface area contributed by atoms with E-state index in [0.717, 1.165) is 6.07 Å². The summed E-state index contributed by atoms with van der Waals surface area (Å²) in [7, 11) is 0. The normalized spacial score (nSPS) is 12.5. The van der Waals surface area contributed by atoms with E-state index in [4.69, 9.17) is 0 Å². The molecule has 0 atom stereocenters. The van der Waals surface area contributed by atoms with Gasteiger partial charge in [0.25, 0.3) is 0 Å². The number of hydrogen-bond acceptors (Lipinski definition) is 6. The van der Waals surface area contributed by atoms with Gasteiger partial charge in [0.2, 0.25) is 5.88 Å². The molecular formula is C17H9F6N5O. The molecule has 0 unspecified atom stereocenters. The fraction of sp³-hybridized carbons (Fsp3) is 0.118. The molecule has 0 amide bonds. The molecule has 3 rings (SSSR count). The van der Waals surface area contributed by atoms with Gasteiger partial charge in [0.05, 0.1) is 5.69 Å². The Morgan fingerprint density at radius 3 is 2.03 bits per heavy atom. The molecule has 0 aliphatic heterocycles. The van der Waals surface area contributed by atoms with Crippen molar-refractivity contribution >= 4 is 11.4 Å². The third-order valence-corrected chi connectivity index (χ3v) is 3.47. The van der Waals surface area contributed by atoms with Gasteiger partial charge in [0.15, 0.2) is 17.2 Å². The molecule has 0 aliphatic carbocycles. The lowest BCUT2D eigenvalue weighted by Gasteiger charge is -2.11. The Kier molecular flexibility index (Phi) is 5.18. The largest absolute Gasteiger partial charge is 0.492 e. The highest BCUT2D eigenvalue weighted by atomic mass is 19.4. The molecule has 150 valence electrons. The van der Waals surface area contributed by atoms with E-state index < -0.39 is 41.1 Å². The molecule has 6 nitrogen and oxygen atoms in total. The molecule has 0 radical (unpaired) electrons. The smallest absolute Gasteiger partial charge is 0.435 e. The van der Waals surface area contributed by atoms with Gasteiger partial charge in [0, 0.05) is 11.8 Å². The monoisotopic (exact) mass is 413 g/mol. The van der Waals surface area contributed by atoms with Crippen molar-refractivity contribution in [1.29, 1.82) is 0 Å². The van der Waals surface area contributed by atoms with Crippen molar-refractivity contribution in [1.82, 2.24) is 15.0 Å². The van der Waals surface area contributed by atoms with Gasteiger partial charge in [-0.1, -0.05) is 18.2 Å². The Labute approximate surface area is 158 Å². The SMILES string of the molecule is Oc1nc(-c2ccc(C(F)(F)F)nc2)nc(C(F)(F)F)c1N=Nc1ccccc1. The Morgan fingerprint density at radius 1 is 0.793 bits per heavy atom. The minimum atomic E-state index is -5.04. The van der Waals surface area contributed by atoms with E-state index >= 15 is 0 Å². The van der Waals surface area contributed by atoms with E-state index in [1.807, 2.05) is 0 Å². The van der Waals surface area contributed by atoms with Crippen LogP contribution in [-0.4, -0.2) is 20.1 Å². The fourth-order valence-electron chi connectivity index (χ4n) is 2.16. The van der Waals surface area contributed by atoms with Gasteiger partial charge in [-0.3, -0.25) is 4.98 Å². The zero-order valence-electron chi connectivity index (χ0n) is 14.1. The number of benzene rings is 1.